The summed E-state index contributed by atoms with van der Waals surface area (Å²) in [5, 5.41) is 9.33. The van der Waals surface area contributed by atoms with Crippen molar-refractivity contribution in [1.82, 2.24) is 0 Å². The number of carbonyl (C=O) groups is 1. The van der Waals surface area contributed by atoms with Crippen LogP contribution in [0.3, 0.4) is 0 Å². The molecular formula is C9H9Cl2NO3. The molecule has 3 N–H and O–H groups in total. The Hall–Kier alpha value is -0.970. The third-order valence-electron chi connectivity index (χ3n) is 1.63. The zero-order chi connectivity index (χ0) is 11.4. The van der Waals surface area contributed by atoms with Crippen molar-refractivity contribution in [1.29, 1.82) is 0 Å². The zero-order valence-corrected chi connectivity index (χ0v) is 9.13. The Bertz CT molecular complexity index is 370. The van der Waals surface area contributed by atoms with E-state index in [4.69, 9.17) is 38.8 Å². The van der Waals surface area contributed by atoms with E-state index in [0.29, 0.717) is 15.8 Å². The quantitative estimate of drug-likeness (QED) is 0.854. The Morgan fingerprint density at radius 1 is 1.53 bits per heavy atom. The molecule has 0 heterocycles. The maximum atomic E-state index is 10.4. The topological polar surface area (TPSA) is 72.5 Å². The second-order valence-electron chi connectivity index (χ2n) is 2.83. The van der Waals surface area contributed by atoms with Crippen LogP contribution in [-0.2, 0) is 4.79 Å². The molecule has 0 fully saturated rings. The Labute approximate surface area is 96.5 Å². The molecule has 0 aliphatic heterocycles. The second-order valence-corrected chi connectivity index (χ2v) is 3.67. The van der Waals surface area contributed by atoms with E-state index >= 15 is 0 Å². The van der Waals surface area contributed by atoms with Crippen molar-refractivity contribution in [2.24, 2.45) is 5.73 Å². The molecule has 0 aliphatic rings. The Balaban J connectivity index is 2.65. The van der Waals surface area contributed by atoms with Crippen LogP contribution in [0, 0.1) is 0 Å². The number of aliphatic carboxylic acids is 1. The molecule has 1 atom stereocenters. The number of ether oxygens (including phenoxy) is 1. The van der Waals surface area contributed by atoms with Crippen LogP contribution in [0.2, 0.25) is 10.0 Å². The van der Waals surface area contributed by atoms with Gasteiger partial charge in [-0.25, -0.2) is 0 Å². The predicted octanol–water partition coefficient (Wildman–Crippen LogP) is 1.78. The van der Waals surface area contributed by atoms with E-state index in [1.54, 1.807) is 12.1 Å². The lowest BCUT2D eigenvalue weighted by molar-refractivity contribution is -0.139. The van der Waals surface area contributed by atoms with Gasteiger partial charge < -0.3 is 15.6 Å². The van der Waals surface area contributed by atoms with Gasteiger partial charge in [0.05, 0.1) is 5.02 Å². The van der Waals surface area contributed by atoms with Crippen LogP contribution in [0.4, 0.5) is 0 Å². The van der Waals surface area contributed by atoms with Gasteiger partial charge in [-0.1, -0.05) is 23.2 Å². The fourth-order valence-corrected chi connectivity index (χ4v) is 1.17. The van der Waals surface area contributed by atoms with Gasteiger partial charge in [0.2, 0.25) is 0 Å². The molecule has 1 aromatic rings. The molecule has 82 valence electrons. The highest BCUT2D eigenvalue weighted by Crippen LogP contribution is 2.27. The van der Waals surface area contributed by atoms with Gasteiger partial charge in [0, 0.05) is 11.1 Å². The third kappa shape index (κ3) is 3.58. The Morgan fingerprint density at radius 2 is 2.20 bits per heavy atom. The molecule has 0 saturated heterocycles. The maximum Gasteiger partial charge on any atom is 0.324 e. The van der Waals surface area contributed by atoms with Crippen molar-refractivity contribution in [3.63, 3.8) is 0 Å². The Morgan fingerprint density at radius 3 is 2.80 bits per heavy atom. The van der Waals surface area contributed by atoms with Gasteiger partial charge in [0.1, 0.15) is 18.4 Å². The first kappa shape index (κ1) is 12.1. The average Bonchev–Trinajstić information content (AvgIpc) is 2.18. The van der Waals surface area contributed by atoms with Crippen molar-refractivity contribution in [2.75, 3.05) is 6.61 Å². The van der Waals surface area contributed by atoms with Gasteiger partial charge in [-0.15, -0.1) is 0 Å². The number of carboxylic acid groups (broad SMARTS) is 1. The van der Waals surface area contributed by atoms with Crippen molar-refractivity contribution in [3.8, 4) is 5.75 Å². The standard InChI is InChI=1S/C9H9Cl2NO3/c10-5-1-2-6(11)8(3-5)15-4-7(12)9(13)14/h1-3,7H,4,12H2,(H,13,14)/t7-/m0/s1. The first-order valence-corrected chi connectivity index (χ1v) is 4.82. The molecular weight excluding hydrogens is 241 g/mol. The first-order chi connectivity index (χ1) is 7.00. The summed E-state index contributed by atoms with van der Waals surface area (Å²) >= 11 is 11.5. The summed E-state index contributed by atoms with van der Waals surface area (Å²) in [4.78, 5) is 10.4. The summed E-state index contributed by atoms with van der Waals surface area (Å²) in [5.74, 6) is -0.811. The lowest BCUT2D eigenvalue weighted by atomic mass is 10.3. The van der Waals surface area contributed by atoms with Crippen LogP contribution in [0.5, 0.6) is 5.75 Å². The largest absolute Gasteiger partial charge is 0.490 e. The highest BCUT2D eigenvalue weighted by Gasteiger charge is 2.13. The van der Waals surface area contributed by atoms with Crippen molar-refractivity contribution in [3.05, 3.63) is 28.2 Å². The number of halogens is 2. The molecule has 6 heteroatoms. The zero-order valence-electron chi connectivity index (χ0n) is 7.61. The molecule has 1 aromatic carbocycles. The number of nitrogens with two attached hydrogens (primary N) is 1. The summed E-state index contributed by atoms with van der Waals surface area (Å²) in [7, 11) is 0. The summed E-state index contributed by atoms with van der Waals surface area (Å²) < 4.78 is 5.12. The van der Waals surface area contributed by atoms with Gasteiger partial charge in [0.25, 0.3) is 0 Å². The van der Waals surface area contributed by atoms with Gasteiger partial charge in [-0.2, -0.15) is 0 Å². The van der Waals surface area contributed by atoms with E-state index in [9.17, 15) is 4.79 Å². The number of carboxylic acids is 1. The van der Waals surface area contributed by atoms with Crippen LogP contribution >= 0.6 is 23.2 Å². The second kappa shape index (κ2) is 5.21. The molecule has 4 nitrogen and oxygen atoms in total. The molecule has 0 aliphatic carbocycles. The number of rotatable bonds is 4. The van der Waals surface area contributed by atoms with E-state index in [2.05, 4.69) is 0 Å². The summed E-state index contributed by atoms with van der Waals surface area (Å²) in [6, 6.07) is 3.58. The SMILES string of the molecule is N[C@@H](COc1cc(Cl)ccc1Cl)C(=O)O. The summed E-state index contributed by atoms with van der Waals surface area (Å²) in [6.45, 7) is -0.157. The molecule has 1 rings (SSSR count). The van der Waals surface area contributed by atoms with E-state index < -0.39 is 12.0 Å². The van der Waals surface area contributed by atoms with Gasteiger partial charge in [0.15, 0.2) is 0 Å². The smallest absolute Gasteiger partial charge is 0.324 e. The van der Waals surface area contributed by atoms with Crippen LogP contribution in [0.15, 0.2) is 18.2 Å². The van der Waals surface area contributed by atoms with E-state index in [1.165, 1.54) is 6.07 Å². The lowest BCUT2D eigenvalue weighted by Gasteiger charge is -2.10. The minimum atomic E-state index is -1.13. The van der Waals surface area contributed by atoms with E-state index in [-0.39, 0.29) is 6.61 Å². The molecule has 0 bridgehead atoms. The van der Waals surface area contributed by atoms with E-state index in [0.717, 1.165) is 0 Å². The number of benzene rings is 1. The van der Waals surface area contributed by atoms with Gasteiger partial charge in [-0.05, 0) is 12.1 Å². The molecule has 0 radical (unpaired) electrons. The monoisotopic (exact) mass is 249 g/mol. The minimum Gasteiger partial charge on any atom is -0.490 e. The summed E-state index contributed by atoms with van der Waals surface area (Å²) in [6.07, 6.45) is 0. The molecule has 0 amide bonds. The normalized spacial score (nSPS) is 12.2. The highest BCUT2D eigenvalue weighted by atomic mass is 35.5. The third-order valence-corrected chi connectivity index (χ3v) is 2.18. The fourth-order valence-electron chi connectivity index (χ4n) is 0.839. The van der Waals surface area contributed by atoms with Crippen LogP contribution in [0.25, 0.3) is 0 Å². The molecule has 0 spiro atoms. The van der Waals surface area contributed by atoms with Crippen LogP contribution < -0.4 is 10.5 Å². The fraction of sp³-hybridized carbons (Fsp3) is 0.222. The van der Waals surface area contributed by atoms with Crippen LogP contribution in [-0.4, -0.2) is 23.7 Å². The lowest BCUT2D eigenvalue weighted by Crippen LogP contribution is -2.36. The maximum absolute atomic E-state index is 10.4. The van der Waals surface area contributed by atoms with Crippen molar-refractivity contribution in [2.45, 2.75) is 6.04 Å². The number of hydrogen-bond acceptors (Lipinski definition) is 3. The van der Waals surface area contributed by atoms with Gasteiger partial charge in [-0.3, -0.25) is 4.79 Å². The minimum absolute atomic E-state index is 0.157. The molecule has 0 aromatic heterocycles. The van der Waals surface area contributed by atoms with Gasteiger partial charge >= 0.3 is 5.97 Å². The highest BCUT2D eigenvalue weighted by molar-refractivity contribution is 6.34. The molecule has 15 heavy (non-hydrogen) atoms. The van der Waals surface area contributed by atoms with Crippen molar-refractivity contribution < 1.29 is 14.6 Å². The molecule has 0 unspecified atom stereocenters. The predicted molar refractivity (Wildman–Crippen MR) is 57.6 cm³/mol. The molecule has 0 saturated carbocycles. The summed E-state index contributed by atoms with van der Waals surface area (Å²) in [5.41, 5.74) is 5.25. The van der Waals surface area contributed by atoms with Crippen molar-refractivity contribution >= 4 is 29.2 Å². The first-order valence-electron chi connectivity index (χ1n) is 4.07. The number of hydrogen-bond donors (Lipinski definition) is 2. The Kier molecular flexibility index (Phi) is 4.20. The van der Waals surface area contributed by atoms with Crippen LogP contribution in [0.1, 0.15) is 0 Å². The van der Waals surface area contributed by atoms with E-state index in [1.807, 2.05) is 0 Å². The average molecular weight is 250 g/mol.